The molecular weight excluding hydrogens is 240 g/mol. The van der Waals surface area contributed by atoms with Crippen LogP contribution in [0.3, 0.4) is 0 Å². The summed E-state index contributed by atoms with van der Waals surface area (Å²) < 4.78 is 11.2. The Balaban J connectivity index is 2.05. The van der Waals surface area contributed by atoms with Crippen molar-refractivity contribution in [1.29, 1.82) is 0 Å². The average molecular weight is 249 g/mol. The van der Waals surface area contributed by atoms with E-state index in [1.54, 1.807) is 11.3 Å². The number of fused-ring (bicyclic) bond motifs is 1. The van der Waals surface area contributed by atoms with Gasteiger partial charge in [0, 0.05) is 16.1 Å². The minimum absolute atomic E-state index is 0.214. The minimum atomic E-state index is 0.214. The first-order valence-corrected chi connectivity index (χ1v) is 5.88. The van der Waals surface area contributed by atoms with Crippen LogP contribution in [0.25, 0.3) is 0 Å². The largest absolute Gasteiger partial charge is 0.485 e. The van der Waals surface area contributed by atoms with Gasteiger partial charge in [-0.3, -0.25) is 0 Å². The van der Waals surface area contributed by atoms with Gasteiger partial charge in [0.1, 0.15) is 12.7 Å². The summed E-state index contributed by atoms with van der Waals surface area (Å²) in [5, 5.41) is 4.91. The van der Waals surface area contributed by atoms with Crippen molar-refractivity contribution in [2.24, 2.45) is 0 Å². The van der Waals surface area contributed by atoms with E-state index in [2.05, 4.69) is 15.9 Å². The van der Waals surface area contributed by atoms with E-state index in [9.17, 15) is 0 Å². The molecule has 1 aromatic rings. The van der Waals surface area contributed by atoms with Gasteiger partial charge in [-0.2, -0.15) is 0 Å². The molecule has 0 spiro atoms. The number of alkyl halides is 1. The van der Waals surface area contributed by atoms with Gasteiger partial charge in [-0.15, -0.1) is 11.3 Å². The smallest absolute Gasteiger partial charge is 0.172 e. The van der Waals surface area contributed by atoms with Gasteiger partial charge in [0.25, 0.3) is 0 Å². The normalized spacial score (nSPS) is 20.9. The summed E-state index contributed by atoms with van der Waals surface area (Å²) in [4.78, 5) is 0. The fourth-order valence-corrected chi connectivity index (χ4v) is 2.31. The molecule has 0 bridgehead atoms. The van der Waals surface area contributed by atoms with Crippen LogP contribution in [-0.4, -0.2) is 18.0 Å². The molecule has 2 nitrogen and oxygen atoms in total. The van der Waals surface area contributed by atoms with Gasteiger partial charge >= 0.3 is 0 Å². The molecule has 1 aliphatic heterocycles. The summed E-state index contributed by atoms with van der Waals surface area (Å²) in [5.41, 5.74) is 0. The third-order valence-electron chi connectivity index (χ3n) is 1.74. The van der Waals surface area contributed by atoms with Gasteiger partial charge in [-0.1, -0.05) is 15.9 Å². The quantitative estimate of drug-likeness (QED) is 0.750. The Bertz CT molecular complexity index is 261. The predicted molar refractivity (Wildman–Crippen MR) is 52.6 cm³/mol. The van der Waals surface area contributed by atoms with Crippen molar-refractivity contribution >= 4 is 27.3 Å². The van der Waals surface area contributed by atoms with E-state index in [-0.39, 0.29) is 6.10 Å². The van der Waals surface area contributed by atoms with Gasteiger partial charge < -0.3 is 9.47 Å². The summed E-state index contributed by atoms with van der Waals surface area (Å²) in [6.45, 7) is 0.676. The summed E-state index contributed by atoms with van der Waals surface area (Å²) in [7, 11) is 0. The molecule has 0 radical (unpaired) electrons. The monoisotopic (exact) mass is 248 g/mol. The van der Waals surface area contributed by atoms with Crippen LogP contribution in [0.2, 0.25) is 0 Å². The van der Waals surface area contributed by atoms with Gasteiger partial charge in [0.05, 0.1) is 0 Å². The Morgan fingerprint density at radius 3 is 3.17 bits per heavy atom. The molecule has 1 atom stereocenters. The molecule has 0 aliphatic carbocycles. The summed E-state index contributed by atoms with van der Waals surface area (Å²) in [6, 6.07) is 0. The zero-order chi connectivity index (χ0) is 8.39. The maximum Gasteiger partial charge on any atom is 0.172 e. The van der Waals surface area contributed by atoms with Gasteiger partial charge in [0.2, 0.25) is 0 Å². The van der Waals surface area contributed by atoms with Crippen LogP contribution in [0.15, 0.2) is 10.8 Å². The topological polar surface area (TPSA) is 18.5 Å². The van der Waals surface area contributed by atoms with Crippen LogP contribution in [0, 0.1) is 0 Å². The van der Waals surface area contributed by atoms with Crippen molar-refractivity contribution in [1.82, 2.24) is 0 Å². The van der Waals surface area contributed by atoms with Crippen molar-refractivity contribution < 1.29 is 9.47 Å². The first-order valence-electron chi connectivity index (χ1n) is 3.82. The Morgan fingerprint density at radius 2 is 2.33 bits per heavy atom. The second-order valence-corrected chi connectivity index (χ2v) is 4.17. The van der Waals surface area contributed by atoms with E-state index in [0.29, 0.717) is 6.61 Å². The number of hydrogen-bond acceptors (Lipinski definition) is 3. The third kappa shape index (κ3) is 1.59. The highest BCUT2D eigenvalue weighted by molar-refractivity contribution is 9.09. The van der Waals surface area contributed by atoms with Crippen LogP contribution in [-0.2, 0) is 0 Å². The molecule has 1 aliphatic rings. The molecule has 0 saturated heterocycles. The van der Waals surface area contributed by atoms with E-state index >= 15 is 0 Å². The Hall–Kier alpha value is -0.220. The maximum atomic E-state index is 5.67. The van der Waals surface area contributed by atoms with Crippen molar-refractivity contribution in [3.05, 3.63) is 10.8 Å². The lowest BCUT2D eigenvalue weighted by Gasteiger charge is -2.23. The predicted octanol–water partition coefficient (Wildman–Crippen LogP) is 2.67. The third-order valence-corrected chi connectivity index (χ3v) is 2.90. The van der Waals surface area contributed by atoms with E-state index in [0.717, 1.165) is 23.2 Å². The highest BCUT2D eigenvalue weighted by Gasteiger charge is 2.20. The first kappa shape index (κ1) is 8.38. The van der Waals surface area contributed by atoms with Gasteiger partial charge in [-0.25, -0.2) is 0 Å². The van der Waals surface area contributed by atoms with Crippen molar-refractivity contribution in [2.75, 3.05) is 11.9 Å². The van der Waals surface area contributed by atoms with Crippen LogP contribution in [0.5, 0.6) is 11.5 Å². The van der Waals surface area contributed by atoms with Gasteiger partial charge in [-0.05, 0) is 6.42 Å². The minimum Gasteiger partial charge on any atom is -0.485 e. The van der Waals surface area contributed by atoms with Crippen LogP contribution < -0.4 is 9.47 Å². The lowest BCUT2D eigenvalue weighted by Crippen LogP contribution is -2.28. The molecule has 1 aromatic heterocycles. The highest BCUT2D eigenvalue weighted by Crippen LogP contribution is 2.35. The second kappa shape index (κ2) is 3.66. The Morgan fingerprint density at radius 1 is 1.50 bits per heavy atom. The fourth-order valence-electron chi connectivity index (χ4n) is 1.13. The molecule has 0 saturated carbocycles. The van der Waals surface area contributed by atoms with Crippen LogP contribution in [0.4, 0.5) is 0 Å². The van der Waals surface area contributed by atoms with Crippen molar-refractivity contribution in [3.63, 3.8) is 0 Å². The standard InChI is InChI=1S/C8H9BrO2S/c9-2-1-6-3-10-7-4-12-5-8(7)11-6/h4-6H,1-3H2. The molecule has 2 heterocycles. The molecular formula is C8H9BrO2S. The maximum absolute atomic E-state index is 5.67. The molecule has 0 aromatic carbocycles. The lowest BCUT2D eigenvalue weighted by atomic mass is 10.3. The van der Waals surface area contributed by atoms with Crippen LogP contribution >= 0.6 is 27.3 Å². The molecule has 0 N–H and O–H groups in total. The first-order chi connectivity index (χ1) is 5.90. The van der Waals surface area contributed by atoms with Crippen molar-refractivity contribution in [3.8, 4) is 11.5 Å². The van der Waals surface area contributed by atoms with E-state index in [4.69, 9.17) is 9.47 Å². The van der Waals surface area contributed by atoms with E-state index < -0.39 is 0 Å². The number of halogens is 1. The number of thiophene rings is 1. The number of hydrogen-bond donors (Lipinski definition) is 0. The molecule has 1 unspecified atom stereocenters. The second-order valence-electron chi connectivity index (χ2n) is 2.63. The molecule has 2 rings (SSSR count). The summed E-state index contributed by atoms with van der Waals surface area (Å²) in [5.74, 6) is 1.79. The lowest BCUT2D eigenvalue weighted by molar-refractivity contribution is 0.0908. The average Bonchev–Trinajstić information content (AvgIpc) is 2.51. The van der Waals surface area contributed by atoms with Crippen molar-refractivity contribution in [2.45, 2.75) is 12.5 Å². The summed E-state index contributed by atoms with van der Waals surface area (Å²) in [6.07, 6.45) is 1.21. The van der Waals surface area contributed by atoms with Crippen LogP contribution in [0.1, 0.15) is 6.42 Å². The molecule has 0 fully saturated rings. The number of rotatable bonds is 2. The van der Waals surface area contributed by atoms with E-state index in [1.807, 2.05) is 10.8 Å². The Labute approximate surface area is 83.6 Å². The molecule has 0 amide bonds. The number of ether oxygens (including phenoxy) is 2. The molecule has 12 heavy (non-hydrogen) atoms. The molecule has 66 valence electrons. The zero-order valence-corrected chi connectivity index (χ0v) is 8.86. The highest BCUT2D eigenvalue weighted by atomic mass is 79.9. The summed E-state index contributed by atoms with van der Waals surface area (Å²) >= 11 is 5.00. The zero-order valence-electron chi connectivity index (χ0n) is 6.46. The molecule has 4 heteroatoms. The SMILES string of the molecule is BrCCC1COc2cscc2O1. The fraction of sp³-hybridized carbons (Fsp3) is 0.500. The Kier molecular flexibility index (Phi) is 2.56. The van der Waals surface area contributed by atoms with E-state index in [1.165, 1.54) is 0 Å². The van der Waals surface area contributed by atoms with Gasteiger partial charge in [0.15, 0.2) is 11.5 Å².